The lowest BCUT2D eigenvalue weighted by Crippen LogP contribution is -2.12. The van der Waals surface area contributed by atoms with Gasteiger partial charge in [0.25, 0.3) is 0 Å². The van der Waals surface area contributed by atoms with E-state index in [9.17, 15) is 0 Å². The summed E-state index contributed by atoms with van der Waals surface area (Å²) in [5, 5.41) is 9.54. The number of thiophene rings is 1. The Labute approximate surface area is 122 Å². The molecule has 0 spiro atoms. The lowest BCUT2D eigenvalue weighted by Gasteiger charge is -2.10. The Balaban J connectivity index is 1.88. The molecule has 1 aromatic carbocycles. The fourth-order valence-electron chi connectivity index (χ4n) is 1.87. The number of methoxy groups -OCH3 is 1. The number of hydrogen-bond donors (Lipinski definition) is 2. The van der Waals surface area contributed by atoms with Crippen molar-refractivity contribution in [3.63, 3.8) is 0 Å². The third kappa shape index (κ3) is 3.82. The van der Waals surface area contributed by atoms with E-state index in [4.69, 9.17) is 20.6 Å². The Morgan fingerprint density at radius 3 is 2.85 bits per heavy atom. The van der Waals surface area contributed by atoms with Gasteiger partial charge in [-0.1, -0.05) is 12.1 Å². The van der Waals surface area contributed by atoms with Gasteiger partial charge in [-0.05, 0) is 29.1 Å². The van der Waals surface area contributed by atoms with Crippen molar-refractivity contribution in [3.8, 4) is 5.75 Å². The molecule has 0 saturated heterocycles. The number of hydrogen-bond acceptors (Lipinski definition) is 4. The molecule has 0 radical (unpaired) electrons. The van der Waals surface area contributed by atoms with Crippen molar-refractivity contribution in [1.29, 1.82) is 5.41 Å². The molecule has 0 aliphatic carbocycles. The first-order valence-corrected chi connectivity index (χ1v) is 7.20. The minimum Gasteiger partial charge on any atom is -0.496 e. The molecule has 2 aromatic rings. The third-order valence-electron chi connectivity index (χ3n) is 2.90. The van der Waals surface area contributed by atoms with E-state index < -0.39 is 0 Å². The molecule has 20 heavy (non-hydrogen) atoms. The van der Waals surface area contributed by atoms with Gasteiger partial charge in [-0.3, -0.25) is 5.41 Å². The average molecular weight is 290 g/mol. The molecule has 0 bridgehead atoms. The summed E-state index contributed by atoms with van der Waals surface area (Å²) in [4.78, 5) is 1.33. The fraction of sp³-hybridized carbons (Fsp3) is 0.267. The number of nitrogens with two attached hydrogens (primary N) is 1. The van der Waals surface area contributed by atoms with Crippen LogP contribution in [0.5, 0.6) is 5.75 Å². The summed E-state index contributed by atoms with van der Waals surface area (Å²) in [6, 6.07) is 9.72. The summed E-state index contributed by atoms with van der Waals surface area (Å²) in [5.74, 6) is 0.615. The van der Waals surface area contributed by atoms with Gasteiger partial charge in [0.15, 0.2) is 0 Å². The first-order valence-electron chi connectivity index (χ1n) is 6.32. The smallest absolute Gasteiger partial charge is 0.130 e. The quantitative estimate of drug-likeness (QED) is 0.468. The molecule has 0 fully saturated rings. The molecule has 1 aromatic heterocycles. The highest BCUT2D eigenvalue weighted by Gasteiger charge is 2.07. The van der Waals surface area contributed by atoms with E-state index in [0.29, 0.717) is 24.5 Å². The highest BCUT2D eigenvalue weighted by molar-refractivity contribution is 7.09. The van der Waals surface area contributed by atoms with Crippen LogP contribution in [0.1, 0.15) is 16.0 Å². The molecular weight excluding hydrogens is 272 g/mol. The summed E-state index contributed by atoms with van der Waals surface area (Å²) >= 11 is 1.74. The number of ether oxygens (including phenoxy) is 2. The molecule has 4 nitrogen and oxygen atoms in total. The minimum absolute atomic E-state index is 0.00649. The van der Waals surface area contributed by atoms with Gasteiger partial charge in [-0.15, -0.1) is 11.3 Å². The average Bonchev–Trinajstić information content (AvgIpc) is 2.96. The molecule has 0 unspecified atom stereocenters. The van der Waals surface area contributed by atoms with Crippen LogP contribution in [-0.2, 0) is 17.8 Å². The SMILES string of the molecule is COc1cc(COCCc2cccs2)ccc1C(=N)N. The Kier molecular flexibility index (Phi) is 5.15. The van der Waals surface area contributed by atoms with E-state index >= 15 is 0 Å². The first-order chi connectivity index (χ1) is 9.70. The molecule has 0 atom stereocenters. The molecule has 0 aliphatic heterocycles. The van der Waals surface area contributed by atoms with Gasteiger partial charge in [-0.2, -0.15) is 0 Å². The van der Waals surface area contributed by atoms with Gasteiger partial charge in [0.2, 0.25) is 0 Å². The predicted octanol–water partition coefficient (Wildman–Crippen LogP) is 2.80. The zero-order chi connectivity index (χ0) is 14.4. The molecule has 3 N–H and O–H groups in total. The molecule has 1 heterocycles. The van der Waals surface area contributed by atoms with Crippen LogP contribution in [0.15, 0.2) is 35.7 Å². The van der Waals surface area contributed by atoms with Gasteiger partial charge in [0.1, 0.15) is 11.6 Å². The Hall–Kier alpha value is -1.85. The highest BCUT2D eigenvalue weighted by Crippen LogP contribution is 2.20. The van der Waals surface area contributed by atoms with Crippen molar-refractivity contribution in [2.75, 3.05) is 13.7 Å². The normalized spacial score (nSPS) is 10.4. The van der Waals surface area contributed by atoms with E-state index in [-0.39, 0.29) is 5.84 Å². The van der Waals surface area contributed by atoms with Crippen molar-refractivity contribution in [2.45, 2.75) is 13.0 Å². The summed E-state index contributed by atoms with van der Waals surface area (Å²) in [6.45, 7) is 1.22. The second-order valence-corrected chi connectivity index (χ2v) is 5.36. The Morgan fingerprint density at radius 2 is 2.20 bits per heavy atom. The van der Waals surface area contributed by atoms with E-state index in [0.717, 1.165) is 12.0 Å². The zero-order valence-corrected chi connectivity index (χ0v) is 12.2. The van der Waals surface area contributed by atoms with Crippen LogP contribution in [-0.4, -0.2) is 19.6 Å². The molecule has 0 aliphatic rings. The lowest BCUT2D eigenvalue weighted by molar-refractivity contribution is 0.124. The number of nitrogens with one attached hydrogen (secondary N) is 1. The van der Waals surface area contributed by atoms with Crippen LogP contribution in [0, 0.1) is 5.41 Å². The highest BCUT2D eigenvalue weighted by atomic mass is 32.1. The van der Waals surface area contributed by atoms with Gasteiger partial charge < -0.3 is 15.2 Å². The minimum atomic E-state index is 0.00649. The second-order valence-electron chi connectivity index (χ2n) is 4.33. The molecule has 0 saturated carbocycles. The van der Waals surface area contributed by atoms with Crippen molar-refractivity contribution >= 4 is 17.2 Å². The van der Waals surface area contributed by atoms with Gasteiger partial charge >= 0.3 is 0 Å². The van der Waals surface area contributed by atoms with Crippen molar-refractivity contribution in [1.82, 2.24) is 0 Å². The van der Waals surface area contributed by atoms with E-state index in [2.05, 4.69) is 11.4 Å². The Morgan fingerprint density at radius 1 is 1.35 bits per heavy atom. The van der Waals surface area contributed by atoms with Crippen LogP contribution in [0.2, 0.25) is 0 Å². The predicted molar refractivity (Wildman–Crippen MR) is 81.7 cm³/mol. The van der Waals surface area contributed by atoms with Crippen LogP contribution in [0.4, 0.5) is 0 Å². The summed E-state index contributed by atoms with van der Waals surface area (Å²) in [5.41, 5.74) is 7.11. The summed E-state index contributed by atoms with van der Waals surface area (Å²) in [7, 11) is 1.57. The fourth-order valence-corrected chi connectivity index (χ4v) is 2.56. The van der Waals surface area contributed by atoms with Crippen LogP contribution in [0.3, 0.4) is 0 Å². The molecule has 106 valence electrons. The van der Waals surface area contributed by atoms with E-state index in [1.165, 1.54) is 4.88 Å². The molecule has 0 amide bonds. The summed E-state index contributed by atoms with van der Waals surface area (Å²) in [6.07, 6.45) is 0.931. The maximum absolute atomic E-state index is 7.47. The van der Waals surface area contributed by atoms with E-state index in [1.807, 2.05) is 18.2 Å². The van der Waals surface area contributed by atoms with Gasteiger partial charge in [0.05, 0.1) is 25.9 Å². The largest absolute Gasteiger partial charge is 0.496 e. The van der Waals surface area contributed by atoms with Crippen LogP contribution >= 0.6 is 11.3 Å². The lowest BCUT2D eigenvalue weighted by atomic mass is 10.1. The number of benzene rings is 1. The summed E-state index contributed by atoms with van der Waals surface area (Å²) < 4.78 is 10.9. The van der Waals surface area contributed by atoms with Crippen molar-refractivity contribution in [3.05, 3.63) is 51.7 Å². The zero-order valence-electron chi connectivity index (χ0n) is 11.4. The molecule has 5 heteroatoms. The van der Waals surface area contributed by atoms with E-state index in [1.54, 1.807) is 24.5 Å². The molecular formula is C15H18N2O2S. The maximum Gasteiger partial charge on any atom is 0.130 e. The third-order valence-corrected chi connectivity index (χ3v) is 3.83. The van der Waals surface area contributed by atoms with Crippen molar-refractivity contribution in [2.24, 2.45) is 5.73 Å². The van der Waals surface area contributed by atoms with Crippen LogP contribution < -0.4 is 10.5 Å². The first kappa shape index (κ1) is 14.6. The number of nitrogen functional groups attached to an aromatic ring is 1. The monoisotopic (exact) mass is 290 g/mol. The number of rotatable bonds is 7. The van der Waals surface area contributed by atoms with Crippen LogP contribution in [0.25, 0.3) is 0 Å². The molecule has 2 rings (SSSR count). The van der Waals surface area contributed by atoms with Gasteiger partial charge in [-0.25, -0.2) is 0 Å². The topological polar surface area (TPSA) is 68.3 Å². The van der Waals surface area contributed by atoms with Gasteiger partial charge in [0, 0.05) is 11.3 Å². The number of amidine groups is 1. The maximum atomic E-state index is 7.47. The standard InChI is InChI=1S/C15H18N2O2S/c1-18-14-9-11(4-5-13(14)15(16)17)10-19-7-6-12-3-2-8-20-12/h2-5,8-9H,6-7,10H2,1H3,(H3,16,17). The Bertz CT molecular complexity index is 567. The van der Waals surface area contributed by atoms with Crippen molar-refractivity contribution < 1.29 is 9.47 Å². The second kappa shape index (κ2) is 7.07.